The highest BCUT2D eigenvalue weighted by molar-refractivity contribution is 7.80. The molecule has 0 spiro atoms. The molecule has 1 rings (SSSR count). The maximum atomic E-state index is 4.16. The van der Waals surface area contributed by atoms with E-state index in [9.17, 15) is 0 Å². The van der Waals surface area contributed by atoms with Crippen molar-refractivity contribution in [1.82, 2.24) is 4.98 Å². The molecule has 0 aliphatic heterocycles. The number of nitrogens with zero attached hydrogens (tertiary/aromatic N) is 1. The number of anilines is 1. The number of aromatic amines is 1. The quantitative estimate of drug-likeness (QED) is 0.659. The van der Waals surface area contributed by atoms with Crippen LogP contribution in [-0.4, -0.2) is 24.3 Å². The molecule has 0 bridgehead atoms. The van der Waals surface area contributed by atoms with Gasteiger partial charge in [-0.05, 0) is 18.2 Å². The molecular weight excluding hydrogens is 156 g/mol. The fraction of sp³-hybridized carbons (Fsp3) is 0.500. The molecule has 0 saturated heterocycles. The summed E-state index contributed by atoms with van der Waals surface area (Å²) < 4.78 is 0. The van der Waals surface area contributed by atoms with Crippen LogP contribution in [0.25, 0.3) is 0 Å². The Morgan fingerprint density at radius 3 is 3.00 bits per heavy atom. The van der Waals surface area contributed by atoms with Crippen molar-refractivity contribution in [2.75, 3.05) is 24.2 Å². The minimum absolute atomic E-state index is 0.953. The molecule has 3 heteroatoms. The Labute approximate surface area is 73.0 Å². The highest BCUT2D eigenvalue weighted by Gasteiger charge is 1.97. The van der Waals surface area contributed by atoms with Crippen LogP contribution in [0.3, 0.4) is 0 Å². The summed E-state index contributed by atoms with van der Waals surface area (Å²) in [5, 5.41) is 0. The van der Waals surface area contributed by atoms with Crippen LogP contribution in [-0.2, 0) is 0 Å². The molecule has 0 radical (unpaired) electrons. The molecule has 2 nitrogen and oxygen atoms in total. The van der Waals surface area contributed by atoms with Crippen LogP contribution in [0.4, 0.5) is 5.69 Å². The molecule has 1 aromatic rings. The zero-order chi connectivity index (χ0) is 8.10. The molecule has 0 unspecified atom stereocenters. The first kappa shape index (κ1) is 8.53. The Bertz CT molecular complexity index is 184. The summed E-state index contributed by atoms with van der Waals surface area (Å²) in [6.07, 6.45) is 5.07. The summed E-state index contributed by atoms with van der Waals surface area (Å²) in [7, 11) is 2.09. The van der Waals surface area contributed by atoms with Crippen LogP contribution >= 0.6 is 12.6 Å². The minimum atomic E-state index is 0.953. The summed E-state index contributed by atoms with van der Waals surface area (Å²) >= 11 is 4.16. The van der Waals surface area contributed by atoms with Crippen LogP contribution in [0.5, 0.6) is 0 Å². The van der Waals surface area contributed by atoms with E-state index in [-0.39, 0.29) is 0 Å². The predicted octanol–water partition coefficient (Wildman–Crippen LogP) is 1.77. The van der Waals surface area contributed by atoms with Gasteiger partial charge in [-0.15, -0.1) is 0 Å². The Kier molecular flexibility index (Phi) is 3.36. The molecule has 0 aliphatic carbocycles. The topological polar surface area (TPSA) is 19.0 Å². The average Bonchev–Trinajstić information content (AvgIpc) is 2.52. The van der Waals surface area contributed by atoms with Crippen LogP contribution < -0.4 is 4.90 Å². The van der Waals surface area contributed by atoms with E-state index in [0.29, 0.717) is 0 Å². The Hall–Kier alpha value is -0.570. The lowest BCUT2D eigenvalue weighted by molar-refractivity contribution is 0.862. The van der Waals surface area contributed by atoms with Crippen molar-refractivity contribution in [3.8, 4) is 0 Å². The summed E-state index contributed by atoms with van der Waals surface area (Å²) in [6.45, 7) is 1.07. The van der Waals surface area contributed by atoms with Crippen LogP contribution in [0.2, 0.25) is 0 Å². The first-order valence-corrected chi connectivity index (χ1v) is 4.42. The van der Waals surface area contributed by atoms with Crippen molar-refractivity contribution in [2.45, 2.75) is 6.42 Å². The fourth-order valence-corrected chi connectivity index (χ4v) is 1.13. The summed E-state index contributed by atoms with van der Waals surface area (Å²) in [4.78, 5) is 5.24. The number of hydrogen-bond donors (Lipinski definition) is 2. The SMILES string of the molecule is CN(CCCS)c1cc[nH]c1. The van der Waals surface area contributed by atoms with Gasteiger partial charge in [-0.25, -0.2) is 0 Å². The summed E-state index contributed by atoms with van der Waals surface area (Å²) in [6, 6.07) is 2.07. The van der Waals surface area contributed by atoms with E-state index in [2.05, 4.69) is 35.6 Å². The lowest BCUT2D eigenvalue weighted by Crippen LogP contribution is -2.17. The maximum absolute atomic E-state index is 4.16. The van der Waals surface area contributed by atoms with E-state index < -0.39 is 0 Å². The highest BCUT2D eigenvalue weighted by atomic mass is 32.1. The maximum Gasteiger partial charge on any atom is 0.0541 e. The molecule has 0 aliphatic rings. The van der Waals surface area contributed by atoms with Crippen molar-refractivity contribution < 1.29 is 0 Å². The van der Waals surface area contributed by atoms with Crippen molar-refractivity contribution in [1.29, 1.82) is 0 Å². The molecule has 11 heavy (non-hydrogen) atoms. The second-order valence-corrected chi connectivity index (χ2v) is 3.02. The number of rotatable bonds is 4. The fourth-order valence-electron chi connectivity index (χ4n) is 0.990. The van der Waals surface area contributed by atoms with Gasteiger partial charge in [0.2, 0.25) is 0 Å². The first-order valence-electron chi connectivity index (χ1n) is 3.79. The van der Waals surface area contributed by atoms with Gasteiger partial charge in [0.25, 0.3) is 0 Å². The van der Waals surface area contributed by atoms with Crippen molar-refractivity contribution in [3.05, 3.63) is 18.5 Å². The van der Waals surface area contributed by atoms with E-state index >= 15 is 0 Å². The summed E-state index contributed by atoms with van der Waals surface area (Å²) in [5.74, 6) is 0.953. The van der Waals surface area contributed by atoms with Crippen LogP contribution in [0, 0.1) is 0 Å². The first-order chi connectivity index (χ1) is 5.34. The monoisotopic (exact) mass is 170 g/mol. The van der Waals surface area contributed by atoms with Crippen LogP contribution in [0.1, 0.15) is 6.42 Å². The van der Waals surface area contributed by atoms with Gasteiger partial charge in [0.05, 0.1) is 5.69 Å². The number of thiol groups is 1. The molecule has 0 aromatic carbocycles. The highest BCUT2D eigenvalue weighted by Crippen LogP contribution is 2.09. The predicted molar refractivity (Wildman–Crippen MR) is 52.5 cm³/mol. The van der Waals surface area contributed by atoms with Gasteiger partial charge >= 0.3 is 0 Å². The van der Waals surface area contributed by atoms with E-state index in [1.54, 1.807) is 0 Å². The van der Waals surface area contributed by atoms with Gasteiger partial charge in [0.1, 0.15) is 0 Å². The molecule has 62 valence electrons. The lowest BCUT2D eigenvalue weighted by atomic mass is 10.4. The van der Waals surface area contributed by atoms with Gasteiger partial charge in [-0.1, -0.05) is 0 Å². The van der Waals surface area contributed by atoms with E-state index in [1.165, 1.54) is 5.69 Å². The number of hydrogen-bond acceptors (Lipinski definition) is 2. The van der Waals surface area contributed by atoms with Gasteiger partial charge < -0.3 is 9.88 Å². The minimum Gasteiger partial charge on any atom is -0.373 e. The second kappa shape index (κ2) is 4.34. The van der Waals surface area contributed by atoms with Crippen LogP contribution in [0.15, 0.2) is 18.5 Å². The van der Waals surface area contributed by atoms with E-state index in [1.807, 2.05) is 12.4 Å². The third-order valence-corrected chi connectivity index (χ3v) is 1.99. The molecule has 0 saturated carbocycles. The molecular formula is C8H14N2S. The molecule has 1 aromatic heterocycles. The van der Waals surface area contributed by atoms with Gasteiger partial charge in [0, 0.05) is 26.0 Å². The zero-order valence-electron chi connectivity index (χ0n) is 6.75. The average molecular weight is 170 g/mol. The van der Waals surface area contributed by atoms with E-state index in [4.69, 9.17) is 0 Å². The third kappa shape index (κ3) is 2.50. The molecule has 0 fully saturated rings. The Morgan fingerprint density at radius 1 is 1.64 bits per heavy atom. The lowest BCUT2D eigenvalue weighted by Gasteiger charge is -2.15. The number of aromatic nitrogens is 1. The van der Waals surface area contributed by atoms with Crippen molar-refractivity contribution in [2.24, 2.45) is 0 Å². The molecule has 0 amide bonds. The number of H-pyrrole nitrogens is 1. The molecule has 1 heterocycles. The van der Waals surface area contributed by atoms with Gasteiger partial charge in [0.15, 0.2) is 0 Å². The molecule has 1 N–H and O–H groups in total. The zero-order valence-corrected chi connectivity index (χ0v) is 7.64. The third-order valence-electron chi connectivity index (χ3n) is 1.67. The smallest absolute Gasteiger partial charge is 0.0541 e. The van der Waals surface area contributed by atoms with Crippen molar-refractivity contribution >= 4 is 18.3 Å². The Balaban J connectivity index is 2.36. The second-order valence-electron chi connectivity index (χ2n) is 2.57. The summed E-state index contributed by atoms with van der Waals surface area (Å²) in [5.41, 5.74) is 1.24. The largest absolute Gasteiger partial charge is 0.373 e. The Morgan fingerprint density at radius 2 is 2.45 bits per heavy atom. The van der Waals surface area contributed by atoms with Gasteiger partial charge in [-0.3, -0.25) is 0 Å². The molecule has 0 atom stereocenters. The number of nitrogens with one attached hydrogen (secondary N) is 1. The van der Waals surface area contributed by atoms with Crippen molar-refractivity contribution in [3.63, 3.8) is 0 Å². The van der Waals surface area contributed by atoms with E-state index in [0.717, 1.165) is 18.7 Å². The standard InChI is InChI=1S/C8H14N2S/c1-10(5-2-6-11)8-3-4-9-7-8/h3-4,7,9,11H,2,5-6H2,1H3. The van der Waals surface area contributed by atoms with Gasteiger partial charge in [-0.2, -0.15) is 12.6 Å². The normalized spacial score (nSPS) is 10.0.